The topological polar surface area (TPSA) is 70.4 Å². The third-order valence-electron chi connectivity index (χ3n) is 11.6. The number of nitrogens with zero attached hydrogens (tertiary/aromatic N) is 8. The minimum Gasteiger partial charge on any atom is -0.421 e. The predicted molar refractivity (Wildman–Crippen MR) is 269 cm³/mol. The van der Waals surface area contributed by atoms with Gasteiger partial charge in [0.15, 0.2) is 0 Å². The summed E-state index contributed by atoms with van der Waals surface area (Å²) >= 11 is 0. The summed E-state index contributed by atoms with van der Waals surface area (Å²) in [6, 6.07) is 79.5. The van der Waals surface area contributed by atoms with Crippen molar-refractivity contribution < 1.29 is 29.2 Å². The Kier molecular flexibility index (Phi) is 14.0. The molecular weight excluding hydrogens is 1020 g/mol. The molecule has 12 rings (SSSR count). The second-order valence-corrected chi connectivity index (χ2v) is 16.1. The first-order valence-corrected chi connectivity index (χ1v) is 22.4. The molecular formula is C60H45IrN8-3. The normalized spacial score (nSPS) is 10.7. The minimum atomic E-state index is 0. The van der Waals surface area contributed by atoms with Crippen molar-refractivity contribution in [3.05, 3.63) is 249 Å². The average molecular weight is 1070 g/mol. The van der Waals surface area contributed by atoms with Crippen molar-refractivity contribution in [1.29, 1.82) is 0 Å². The summed E-state index contributed by atoms with van der Waals surface area (Å²) in [5.41, 5.74) is 11.9. The van der Waals surface area contributed by atoms with Crippen molar-refractivity contribution in [3.8, 4) is 67.9 Å². The van der Waals surface area contributed by atoms with E-state index < -0.39 is 0 Å². The fourth-order valence-electron chi connectivity index (χ4n) is 8.51. The summed E-state index contributed by atoms with van der Waals surface area (Å²) in [4.78, 5) is 8.19. The van der Waals surface area contributed by atoms with E-state index in [1.807, 2.05) is 54.6 Å². The van der Waals surface area contributed by atoms with Crippen LogP contribution in [0.2, 0.25) is 0 Å². The summed E-state index contributed by atoms with van der Waals surface area (Å²) in [5.74, 6) is 1.27. The zero-order chi connectivity index (χ0) is 46.2. The molecule has 9 heteroatoms. The molecule has 4 heterocycles. The Labute approximate surface area is 415 Å². The second kappa shape index (κ2) is 21.1. The maximum Gasteiger partial charge on any atom is 0.242 e. The monoisotopic (exact) mass is 1070 g/mol. The third kappa shape index (κ3) is 9.74. The van der Waals surface area contributed by atoms with Gasteiger partial charge in [0.1, 0.15) is 0 Å². The molecule has 12 aromatic rings. The van der Waals surface area contributed by atoms with E-state index in [0.717, 1.165) is 61.7 Å². The molecule has 337 valence electrons. The van der Waals surface area contributed by atoms with Crippen molar-refractivity contribution in [3.63, 3.8) is 0 Å². The number of fused-ring (bicyclic) bond motifs is 2. The van der Waals surface area contributed by atoms with Gasteiger partial charge in [-0.15, -0.1) is 33.7 Å². The standard InChI is InChI=1S/2C26H19N2.C8H7N4.Ir/c2*1-27-19-28(24-18-10-16-20-11-8-9-17-23(20)24)26(22-14-6-3-7-15-22)25(27)21-12-4-2-5-13-21;1-6-10-8(12-11-6)7-4-2-3-5-9-7;/h2*2-17H,1H3;2-5H,1H3;/q3*-1;. The van der Waals surface area contributed by atoms with Gasteiger partial charge in [-0.1, -0.05) is 175 Å². The van der Waals surface area contributed by atoms with E-state index in [4.69, 9.17) is 0 Å². The molecule has 69 heavy (non-hydrogen) atoms. The Balaban J connectivity index is 0.000000138. The van der Waals surface area contributed by atoms with E-state index in [1.54, 1.807) is 13.1 Å². The number of pyridine rings is 1. The Morgan fingerprint density at radius 3 is 1.28 bits per heavy atom. The molecule has 8 aromatic carbocycles. The first-order chi connectivity index (χ1) is 33.5. The van der Waals surface area contributed by atoms with Gasteiger partial charge in [-0.25, -0.2) is 0 Å². The molecule has 0 saturated heterocycles. The van der Waals surface area contributed by atoms with E-state index >= 15 is 0 Å². The molecule has 8 nitrogen and oxygen atoms in total. The number of hydrogen-bond acceptors (Lipinski definition) is 3. The van der Waals surface area contributed by atoms with Crippen molar-refractivity contribution in [1.82, 2.24) is 29.3 Å². The van der Waals surface area contributed by atoms with Crippen LogP contribution in [0, 0.1) is 31.7 Å². The summed E-state index contributed by atoms with van der Waals surface area (Å²) in [7, 11) is 4.10. The van der Waals surface area contributed by atoms with Crippen molar-refractivity contribution in [2.24, 2.45) is 14.1 Å². The van der Waals surface area contributed by atoms with Crippen LogP contribution in [0.3, 0.4) is 0 Å². The molecule has 0 atom stereocenters. The molecule has 0 aliphatic rings. The van der Waals surface area contributed by atoms with Gasteiger partial charge in [0.05, 0.1) is 42.6 Å². The fraction of sp³-hybridized carbons (Fsp3) is 0.0500. The summed E-state index contributed by atoms with van der Waals surface area (Å²) in [6.45, 7) is 1.80. The maximum atomic E-state index is 4.10. The third-order valence-corrected chi connectivity index (χ3v) is 11.6. The predicted octanol–water partition coefficient (Wildman–Crippen LogP) is 11.6. The number of imidazole rings is 2. The zero-order valence-corrected chi connectivity index (χ0v) is 40.6. The van der Waals surface area contributed by atoms with Gasteiger partial charge in [0.2, 0.25) is 12.7 Å². The number of rotatable bonds is 7. The molecule has 1 radical (unpaired) electrons. The average Bonchev–Trinajstić information content (AvgIpc) is 4.11. The van der Waals surface area contributed by atoms with Crippen LogP contribution in [-0.4, -0.2) is 24.2 Å². The van der Waals surface area contributed by atoms with Crippen LogP contribution >= 0.6 is 0 Å². The number of benzene rings is 8. The van der Waals surface area contributed by atoms with Gasteiger partial charge in [-0.05, 0) is 47.1 Å². The fourth-order valence-corrected chi connectivity index (χ4v) is 8.51. The van der Waals surface area contributed by atoms with Crippen LogP contribution in [0.5, 0.6) is 0 Å². The van der Waals surface area contributed by atoms with E-state index in [-0.39, 0.29) is 20.1 Å². The zero-order valence-electron chi connectivity index (χ0n) is 38.2. The van der Waals surface area contributed by atoms with Gasteiger partial charge in [-0.3, -0.25) is 10.1 Å². The smallest absolute Gasteiger partial charge is 0.242 e. The maximum absolute atomic E-state index is 4.10. The summed E-state index contributed by atoms with van der Waals surface area (Å²) < 4.78 is 8.43. The van der Waals surface area contributed by atoms with Crippen LogP contribution in [0.15, 0.2) is 219 Å². The van der Waals surface area contributed by atoms with Crippen LogP contribution in [0.4, 0.5) is 0 Å². The van der Waals surface area contributed by atoms with E-state index in [2.05, 4.69) is 235 Å². The molecule has 0 aliphatic heterocycles. The second-order valence-electron chi connectivity index (χ2n) is 16.1. The molecule has 0 fully saturated rings. The molecule has 0 N–H and O–H groups in total. The Morgan fingerprint density at radius 2 is 0.870 bits per heavy atom. The van der Waals surface area contributed by atoms with E-state index in [1.165, 1.54) is 21.9 Å². The van der Waals surface area contributed by atoms with Gasteiger partial charge in [0, 0.05) is 32.1 Å². The Morgan fingerprint density at radius 1 is 0.464 bits per heavy atom. The minimum absolute atomic E-state index is 0. The first-order valence-electron chi connectivity index (χ1n) is 22.4. The molecule has 0 amide bonds. The van der Waals surface area contributed by atoms with Crippen LogP contribution < -0.4 is 14.2 Å². The number of aromatic nitrogens is 8. The van der Waals surface area contributed by atoms with Gasteiger partial charge in [-0.2, -0.15) is 36.4 Å². The molecule has 4 aromatic heterocycles. The Bertz CT molecular complexity index is 3370. The molecule has 0 aliphatic carbocycles. The SMILES string of the molecule is C[n+]1[c-]n(-c2[c-]ccc3ccccc23)c(-c2ccccc2)c1-c1ccccc1.C[n+]1[c-]n(-c2[c-]ccc3ccccc23)c(-c2ccccc2)c1-c1ccccc1.Cc1n[n-]c(-c2ccccn2)n1.[Ir]. The van der Waals surface area contributed by atoms with E-state index in [0.29, 0.717) is 11.6 Å². The molecule has 0 spiro atoms. The number of aryl methyl sites for hydroxylation is 3. The van der Waals surface area contributed by atoms with Crippen LogP contribution in [0.1, 0.15) is 5.82 Å². The van der Waals surface area contributed by atoms with Gasteiger partial charge >= 0.3 is 0 Å². The van der Waals surface area contributed by atoms with Crippen molar-refractivity contribution in [2.75, 3.05) is 0 Å². The summed E-state index contributed by atoms with van der Waals surface area (Å²) in [6.07, 6.45) is 8.75. The van der Waals surface area contributed by atoms with Crippen molar-refractivity contribution in [2.45, 2.75) is 6.92 Å². The molecule has 0 saturated carbocycles. The van der Waals surface area contributed by atoms with E-state index in [9.17, 15) is 0 Å². The first kappa shape index (κ1) is 45.8. The molecule has 0 unspecified atom stereocenters. The summed E-state index contributed by atoms with van der Waals surface area (Å²) in [5, 5.41) is 12.4. The molecule has 0 bridgehead atoms. The van der Waals surface area contributed by atoms with Crippen LogP contribution in [-0.2, 0) is 34.2 Å². The van der Waals surface area contributed by atoms with Gasteiger partial charge in [0.25, 0.3) is 0 Å². The van der Waals surface area contributed by atoms with Crippen LogP contribution in [0.25, 0.3) is 89.5 Å². The largest absolute Gasteiger partial charge is 0.421 e. The van der Waals surface area contributed by atoms with Crippen molar-refractivity contribution >= 4 is 21.5 Å². The number of hydrogen-bond donors (Lipinski definition) is 0. The Hall–Kier alpha value is -8.36. The quantitative estimate of drug-likeness (QED) is 0.118. The van der Waals surface area contributed by atoms with Gasteiger partial charge < -0.3 is 28.4 Å².